The molecule has 2 saturated heterocycles. The molecule has 3 heterocycles. The van der Waals surface area contributed by atoms with Gasteiger partial charge in [0.05, 0.1) is 23.5 Å². The van der Waals surface area contributed by atoms with Crippen LogP contribution in [0, 0.1) is 18.2 Å². The number of nitrogens with zero attached hydrogens (tertiary/aromatic N) is 4. The topological polar surface area (TPSA) is 93.6 Å². The van der Waals surface area contributed by atoms with Crippen molar-refractivity contribution in [2.45, 2.75) is 63.5 Å². The molecule has 3 fully saturated rings. The number of carbonyl (C=O) groups is 1. The average molecular weight is 565 g/mol. The molecule has 1 aromatic heterocycles. The van der Waals surface area contributed by atoms with Gasteiger partial charge in [0.15, 0.2) is 0 Å². The Morgan fingerprint density at radius 2 is 1.72 bits per heavy atom. The van der Waals surface area contributed by atoms with E-state index in [1.54, 1.807) is 24.0 Å². The smallest absolute Gasteiger partial charge is 0.259 e. The maximum absolute atomic E-state index is 15.2. The van der Waals surface area contributed by atoms with Crippen LogP contribution in [-0.4, -0.2) is 64.9 Å². The molecule has 0 bridgehead atoms. The number of aryl methyl sites for hydroxylation is 1. The second-order valence-electron chi connectivity index (χ2n) is 11.0. The second-order valence-corrected chi connectivity index (χ2v) is 12.3. The molecule has 1 aromatic carbocycles. The Morgan fingerprint density at radius 3 is 2.36 bits per heavy atom. The van der Waals surface area contributed by atoms with E-state index in [0.717, 1.165) is 25.9 Å². The molecular formula is C27H35F3N6O2S. The van der Waals surface area contributed by atoms with Crippen LogP contribution in [0.25, 0.3) is 0 Å². The highest BCUT2D eigenvalue weighted by molar-refractivity contribution is 8.01. The van der Waals surface area contributed by atoms with Crippen LogP contribution < -0.4 is 19.8 Å². The lowest BCUT2D eigenvalue weighted by molar-refractivity contribution is -0.0222. The van der Waals surface area contributed by atoms with E-state index in [9.17, 15) is 18.7 Å². The highest BCUT2D eigenvalue weighted by Crippen LogP contribution is 2.54. The van der Waals surface area contributed by atoms with Gasteiger partial charge in [-0.15, -0.1) is 0 Å². The van der Waals surface area contributed by atoms with Crippen LogP contribution in [-0.2, 0) is 0 Å². The normalized spacial score (nSPS) is 20.6. The number of amides is 1. The number of halogens is 3. The summed E-state index contributed by atoms with van der Waals surface area (Å²) in [6.07, 6.45) is 4.00. The SMILES string of the molecule is Cc1cc(NC(=O)c2cc(F)c(NS[C@@H](C)CO)cc2N2CCC3(CC2)CC3)nc(N2CCC(F)(F)CC2)n1. The van der Waals surface area contributed by atoms with Crippen molar-refractivity contribution in [3.63, 3.8) is 0 Å². The third-order valence-electron chi connectivity index (χ3n) is 7.94. The van der Waals surface area contributed by atoms with Crippen molar-refractivity contribution in [2.75, 3.05) is 52.6 Å². The molecular weight excluding hydrogens is 529 g/mol. The molecule has 12 heteroatoms. The first kappa shape index (κ1) is 27.8. The monoisotopic (exact) mass is 564 g/mol. The summed E-state index contributed by atoms with van der Waals surface area (Å²) in [5.74, 6) is -3.26. The minimum atomic E-state index is -2.69. The summed E-state index contributed by atoms with van der Waals surface area (Å²) < 4.78 is 45.5. The molecule has 212 valence electrons. The average Bonchev–Trinajstić information content (AvgIpc) is 3.66. The molecule has 3 N–H and O–H groups in total. The molecule has 1 saturated carbocycles. The van der Waals surface area contributed by atoms with Crippen LogP contribution in [0.4, 0.5) is 36.3 Å². The van der Waals surface area contributed by atoms with Gasteiger partial charge < -0.3 is 24.9 Å². The van der Waals surface area contributed by atoms with Gasteiger partial charge in [0.2, 0.25) is 5.95 Å². The third kappa shape index (κ3) is 6.54. The van der Waals surface area contributed by atoms with E-state index in [2.05, 4.69) is 24.9 Å². The highest BCUT2D eigenvalue weighted by atomic mass is 32.2. The second kappa shape index (κ2) is 11.0. The van der Waals surface area contributed by atoms with Gasteiger partial charge in [-0.1, -0.05) is 0 Å². The Labute approximate surface area is 230 Å². The first-order valence-electron chi connectivity index (χ1n) is 13.5. The minimum absolute atomic E-state index is 0.0545. The molecule has 2 aromatic rings. The van der Waals surface area contributed by atoms with E-state index in [1.807, 2.05) is 6.92 Å². The summed E-state index contributed by atoms with van der Waals surface area (Å²) in [4.78, 5) is 26.2. The molecule has 5 rings (SSSR count). The Morgan fingerprint density at radius 1 is 1.05 bits per heavy atom. The van der Waals surface area contributed by atoms with Crippen molar-refractivity contribution in [1.29, 1.82) is 0 Å². The molecule has 0 unspecified atom stereocenters. The summed E-state index contributed by atoms with van der Waals surface area (Å²) in [5, 5.41) is 12.0. The lowest BCUT2D eigenvalue weighted by atomic mass is 9.93. The molecule has 1 atom stereocenters. The van der Waals surface area contributed by atoms with E-state index >= 15 is 4.39 Å². The predicted molar refractivity (Wildman–Crippen MR) is 148 cm³/mol. The van der Waals surface area contributed by atoms with Crippen LogP contribution in [0.5, 0.6) is 0 Å². The number of benzene rings is 1. The van der Waals surface area contributed by atoms with Crippen LogP contribution in [0.15, 0.2) is 18.2 Å². The highest BCUT2D eigenvalue weighted by Gasteiger charge is 2.44. The maximum atomic E-state index is 15.2. The summed E-state index contributed by atoms with van der Waals surface area (Å²) in [7, 11) is 0. The Kier molecular flexibility index (Phi) is 7.87. The van der Waals surface area contributed by atoms with Crippen LogP contribution in [0.2, 0.25) is 0 Å². The van der Waals surface area contributed by atoms with E-state index in [4.69, 9.17) is 0 Å². The van der Waals surface area contributed by atoms with Gasteiger partial charge in [-0.3, -0.25) is 4.79 Å². The maximum Gasteiger partial charge on any atom is 0.259 e. The first-order valence-corrected chi connectivity index (χ1v) is 14.4. The van der Waals surface area contributed by atoms with Gasteiger partial charge in [-0.25, -0.2) is 18.2 Å². The van der Waals surface area contributed by atoms with Gasteiger partial charge in [0, 0.05) is 56.0 Å². The number of piperidine rings is 2. The van der Waals surface area contributed by atoms with E-state index in [0.29, 0.717) is 16.8 Å². The quantitative estimate of drug-likeness (QED) is 0.375. The van der Waals surface area contributed by atoms with Crippen molar-refractivity contribution in [3.05, 3.63) is 35.3 Å². The predicted octanol–water partition coefficient (Wildman–Crippen LogP) is 5.23. The van der Waals surface area contributed by atoms with Gasteiger partial charge in [0.25, 0.3) is 11.8 Å². The lowest BCUT2D eigenvalue weighted by Crippen LogP contribution is -2.40. The minimum Gasteiger partial charge on any atom is -0.395 e. The van der Waals surface area contributed by atoms with Gasteiger partial charge in [-0.2, -0.15) is 4.98 Å². The number of hydrogen-bond acceptors (Lipinski definition) is 8. The zero-order chi connectivity index (χ0) is 27.8. The largest absolute Gasteiger partial charge is 0.395 e. The lowest BCUT2D eigenvalue weighted by Gasteiger charge is -2.35. The number of hydrogen-bond donors (Lipinski definition) is 3. The summed E-state index contributed by atoms with van der Waals surface area (Å²) in [6.45, 7) is 5.32. The van der Waals surface area contributed by atoms with Crippen molar-refractivity contribution < 1.29 is 23.1 Å². The fourth-order valence-corrected chi connectivity index (χ4v) is 5.72. The number of aliphatic hydroxyl groups is 1. The standard InChI is InChI=1S/C27H35F3N6O2S/c1-17-13-23(33-25(31-17)36-11-7-27(29,30)8-12-36)32-24(38)19-14-20(28)21(34-39-18(2)16-37)15-22(19)35-9-5-26(3-4-26)6-10-35/h13-15,18,34,37H,3-12,16H2,1-2H3,(H,31,32,33,38)/t18-/m0/s1. The van der Waals surface area contributed by atoms with Crippen molar-refractivity contribution in [2.24, 2.45) is 5.41 Å². The molecule has 1 aliphatic carbocycles. The Hall–Kier alpha value is -2.73. The number of rotatable bonds is 8. The van der Waals surface area contributed by atoms with Crippen LogP contribution in [0.3, 0.4) is 0 Å². The fraction of sp³-hybridized carbons (Fsp3) is 0.593. The molecule has 0 radical (unpaired) electrons. The summed E-state index contributed by atoms with van der Waals surface area (Å²) in [6, 6.07) is 4.51. The number of alkyl halides is 2. The summed E-state index contributed by atoms with van der Waals surface area (Å²) in [5.41, 5.74) is 2.09. The molecule has 3 aliphatic rings. The van der Waals surface area contributed by atoms with Gasteiger partial charge in [0.1, 0.15) is 11.6 Å². The zero-order valence-electron chi connectivity index (χ0n) is 22.3. The van der Waals surface area contributed by atoms with Crippen molar-refractivity contribution in [1.82, 2.24) is 9.97 Å². The first-order chi connectivity index (χ1) is 18.6. The molecule has 39 heavy (non-hydrogen) atoms. The number of anilines is 4. The number of nitrogens with one attached hydrogen (secondary N) is 2. The Balaban J connectivity index is 1.39. The van der Waals surface area contributed by atoms with Gasteiger partial charge in [-0.05, 0) is 69.0 Å². The van der Waals surface area contributed by atoms with Gasteiger partial charge >= 0.3 is 0 Å². The number of aromatic nitrogens is 2. The third-order valence-corrected chi connectivity index (χ3v) is 8.83. The van der Waals surface area contributed by atoms with Crippen LogP contribution in [0.1, 0.15) is 61.5 Å². The number of carbonyl (C=O) groups excluding carboxylic acids is 1. The zero-order valence-corrected chi connectivity index (χ0v) is 23.1. The molecule has 1 spiro atoms. The van der Waals surface area contributed by atoms with Crippen molar-refractivity contribution in [3.8, 4) is 0 Å². The number of aliphatic hydroxyl groups excluding tert-OH is 1. The van der Waals surface area contributed by atoms with E-state index in [-0.39, 0.29) is 60.8 Å². The fourth-order valence-electron chi connectivity index (χ4n) is 5.16. The van der Waals surface area contributed by atoms with E-state index < -0.39 is 17.6 Å². The molecule has 1 amide bonds. The van der Waals surface area contributed by atoms with E-state index in [1.165, 1.54) is 30.9 Å². The van der Waals surface area contributed by atoms with Crippen molar-refractivity contribution >= 4 is 41.0 Å². The van der Waals surface area contributed by atoms with Crippen LogP contribution >= 0.6 is 11.9 Å². The molecule has 8 nitrogen and oxygen atoms in total. The molecule has 2 aliphatic heterocycles. The Bertz CT molecular complexity index is 1210. The summed E-state index contributed by atoms with van der Waals surface area (Å²) >= 11 is 1.21.